The lowest BCUT2D eigenvalue weighted by atomic mass is 10.1. The Labute approximate surface area is 92.4 Å². The molecule has 1 heterocycles. The highest BCUT2D eigenvalue weighted by atomic mass is 14.9. The average molecular weight is 204 g/mol. The normalized spacial score (nSPS) is 12.6. The molecule has 1 rings (SSSR count). The van der Waals surface area contributed by atoms with Crippen molar-refractivity contribution < 1.29 is 0 Å². The van der Waals surface area contributed by atoms with Crippen LogP contribution in [-0.4, -0.2) is 11.0 Å². The lowest BCUT2D eigenvalue weighted by Crippen LogP contribution is -2.29. The monoisotopic (exact) mass is 204 g/mol. The van der Waals surface area contributed by atoms with Gasteiger partial charge in [0.25, 0.3) is 0 Å². The quantitative estimate of drug-likeness (QED) is 0.815. The summed E-state index contributed by atoms with van der Waals surface area (Å²) in [5.74, 6) is 0.597. The Morgan fingerprint density at radius 2 is 2.00 bits per heavy atom. The minimum Gasteiger partial charge on any atom is -0.382 e. The van der Waals surface area contributed by atoms with Crippen LogP contribution in [0, 0.1) is 12.8 Å². The van der Waals surface area contributed by atoms with E-state index in [1.54, 1.807) is 0 Å². The second-order valence-electron chi connectivity index (χ2n) is 4.34. The maximum atomic E-state index is 4.25. The Kier molecular flexibility index (Phi) is 3.89. The van der Waals surface area contributed by atoms with E-state index in [2.05, 4.69) is 37.7 Å². The summed E-state index contributed by atoms with van der Waals surface area (Å²) < 4.78 is 0. The predicted octanol–water partition coefficient (Wildman–Crippen LogP) is 2.99. The number of rotatable bonds is 4. The molecule has 0 fully saturated rings. The lowest BCUT2D eigenvalue weighted by molar-refractivity contribution is 0.481. The average Bonchev–Trinajstić information content (AvgIpc) is 2.18. The molecule has 0 bridgehead atoms. The Morgan fingerprint density at radius 1 is 1.33 bits per heavy atom. The minimum atomic E-state index is 0.429. The Hall–Kier alpha value is -1.31. The van der Waals surface area contributed by atoms with Crippen LogP contribution in [0.15, 0.2) is 24.9 Å². The van der Waals surface area contributed by atoms with Crippen LogP contribution < -0.4 is 5.32 Å². The highest BCUT2D eigenvalue weighted by Crippen LogP contribution is 2.11. The molecule has 0 aliphatic rings. The SMILES string of the molecule is C=C(N[C@H](C)C(C)C)c1ccc(C)nc1. The zero-order chi connectivity index (χ0) is 11.4. The van der Waals surface area contributed by atoms with E-state index in [1.807, 2.05) is 25.3 Å². The van der Waals surface area contributed by atoms with Crippen molar-refractivity contribution in [3.05, 3.63) is 36.2 Å². The third kappa shape index (κ3) is 3.39. The van der Waals surface area contributed by atoms with Crippen molar-refractivity contribution in [1.29, 1.82) is 0 Å². The van der Waals surface area contributed by atoms with E-state index in [0.29, 0.717) is 12.0 Å². The van der Waals surface area contributed by atoms with Crippen LogP contribution >= 0.6 is 0 Å². The number of aryl methyl sites for hydroxylation is 1. The molecule has 0 spiro atoms. The number of pyridine rings is 1. The van der Waals surface area contributed by atoms with Gasteiger partial charge in [-0.25, -0.2) is 0 Å². The molecule has 0 unspecified atom stereocenters. The molecule has 0 radical (unpaired) electrons. The van der Waals surface area contributed by atoms with Crippen molar-refractivity contribution in [2.45, 2.75) is 33.7 Å². The van der Waals surface area contributed by atoms with E-state index in [9.17, 15) is 0 Å². The van der Waals surface area contributed by atoms with Gasteiger partial charge in [0.1, 0.15) is 0 Å². The van der Waals surface area contributed by atoms with Crippen LogP contribution in [0.1, 0.15) is 32.0 Å². The number of hydrogen-bond donors (Lipinski definition) is 1. The predicted molar refractivity (Wildman–Crippen MR) is 65.4 cm³/mol. The molecule has 0 aliphatic heterocycles. The Morgan fingerprint density at radius 3 is 2.47 bits per heavy atom. The van der Waals surface area contributed by atoms with Gasteiger partial charge in [0, 0.05) is 29.2 Å². The standard InChI is InChI=1S/C13H20N2/c1-9(2)11(4)15-12(5)13-7-6-10(3)14-8-13/h6-9,11,15H,5H2,1-4H3/t11-/m1/s1. The maximum absolute atomic E-state index is 4.25. The summed E-state index contributed by atoms with van der Waals surface area (Å²) in [5, 5.41) is 3.38. The van der Waals surface area contributed by atoms with Crippen molar-refractivity contribution in [3.63, 3.8) is 0 Å². The first kappa shape index (κ1) is 11.8. The fraction of sp³-hybridized carbons (Fsp3) is 0.462. The molecule has 15 heavy (non-hydrogen) atoms. The van der Waals surface area contributed by atoms with E-state index >= 15 is 0 Å². The van der Waals surface area contributed by atoms with Gasteiger partial charge in [-0.3, -0.25) is 4.98 Å². The van der Waals surface area contributed by atoms with E-state index in [-0.39, 0.29) is 0 Å². The van der Waals surface area contributed by atoms with E-state index in [1.165, 1.54) is 0 Å². The molecule has 2 nitrogen and oxygen atoms in total. The van der Waals surface area contributed by atoms with Crippen LogP contribution in [0.5, 0.6) is 0 Å². The molecule has 1 aromatic heterocycles. The van der Waals surface area contributed by atoms with Crippen molar-refractivity contribution >= 4 is 5.70 Å². The number of aromatic nitrogens is 1. The van der Waals surface area contributed by atoms with Gasteiger partial charge in [0.15, 0.2) is 0 Å². The van der Waals surface area contributed by atoms with Crippen molar-refractivity contribution in [2.75, 3.05) is 0 Å². The summed E-state index contributed by atoms with van der Waals surface area (Å²) >= 11 is 0. The maximum Gasteiger partial charge on any atom is 0.0373 e. The Bertz CT molecular complexity index is 325. The first-order valence-electron chi connectivity index (χ1n) is 5.39. The summed E-state index contributed by atoms with van der Waals surface area (Å²) in [4.78, 5) is 4.25. The number of hydrogen-bond acceptors (Lipinski definition) is 2. The van der Waals surface area contributed by atoms with Crippen molar-refractivity contribution in [1.82, 2.24) is 10.3 Å². The van der Waals surface area contributed by atoms with Crippen LogP contribution in [0.4, 0.5) is 0 Å². The van der Waals surface area contributed by atoms with Crippen molar-refractivity contribution in [3.8, 4) is 0 Å². The number of nitrogens with zero attached hydrogens (tertiary/aromatic N) is 1. The molecule has 1 atom stereocenters. The van der Waals surface area contributed by atoms with E-state index in [0.717, 1.165) is 17.0 Å². The van der Waals surface area contributed by atoms with Crippen LogP contribution in [0.25, 0.3) is 5.70 Å². The van der Waals surface area contributed by atoms with Gasteiger partial charge in [0.2, 0.25) is 0 Å². The smallest absolute Gasteiger partial charge is 0.0373 e. The molecule has 0 amide bonds. The largest absolute Gasteiger partial charge is 0.382 e. The zero-order valence-corrected chi connectivity index (χ0v) is 10.0. The first-order chi connectivity index (χ1) is 7.00. The second-order valence-corrected chi connectivity index (χ2v) is 4.34. The highest BCUT2D eigenvalue weighted by Gasteiger charge is 2.08. The number of nitrogens with one attached hydrogen (secondary N) is 1. The van der Waals surface area contributed by atoms with Crippen LogP contribution in [-0.2, 0) is 0 Å². The molecule has 0 aliphatic carbocycles. The molecule has 82 valence electrons. The second kappa shape index (κ2) is 4.96. The molecular weight excluding hydrogens is 184 g/mol. The molecule has 0 aromatic carbocycles. The van der Waals surface area contributed by atoms with Gasteiger partial charge >= 0.3 is 0 Å². The van der Waals surface area contributed by atoms with Gasteiger partial charge in [0.05, 0.1) is 0 Å². The van der Waals surface area contributed by atoms with Gasteiger partial charge in [-0.15, -0.1) is 0 Å². The minimum absolute atomic E-state index is 0.429. The van der Waals surface area contributed by atoms with Crippen LogP contribution in [0.3, 0.4) is 0 Å². The fourth-order valence-corrected chi connectivity index (χ4v) is 1.17. The van der Waals surface area contributed by atoms with Gasteiger partial charge in [-0.1, -0.05) is 20.4 Å². The third-order valence-corrected chi connectivity index (χ3v) is 2.66. The van der Waals surface area contributed by atoms with Gasteiger partial charge in [-0.2, -0.15) is 0 Å². The van der Waals surface area contributed by atoms with Crippen molar-refractivity contribution in [2.24, 2.45) is 5.92 Å². The molecule has 2 heteroatoms. The summed E-state index contributed by atoms with van der Waals surface area (Å²) in [6.45, 7) is 12.6. The third-order valence-electron chi connectivity index (χ3n) is 2.66. The first-order valence-corrected chi connectivity index (χ1v) is 5.39. The van der Waals surface area contributed by atoms with E-state index in [4.69, 9.17) is 0 Å². The summed E-state index contributed by atoms with van der Waals surface area (Å²) in [6.07, 6.45) is 1.86. The molecule has 1 aromatic rings. The summed E-state index contributed by atoms with van der Waals surface area (Å²) in [6, 6.07) is 4.48. The molecule has 0 saturated heterocycles. The highest BCUT2D eigenvalue weighted by molar-refractivity contribution is 5.60. The lowest BCUT2D eigenvalue weighted by Gasteiger charge is -2.20. The molecule has 1 N–H and O–H groups in total. The molecule has 0 saturated carbocycles. The van der Waals surface area contributed by atoms with Crippen LogP contribution in [0.2, 0.25) is 0 Å². The molecular formula is C13H20N2. The van der Waals surface area contributed by atoms with E-state index < -0.39 is 0 Å². The zero-order valence-electron chi connectivity index (χ0n) is 10.0. The van der Waals surface area contributed by atoms with Gasteiger partial charge in [-0.05, 0) is 31.9 Å². The summed E-state index contributed by atoms with van der Waals surface area (Å²) in [5.41, 5.74) is 3.04. The van der Waals surface area contributed by atoms with Gasteiger partial charge < -0.3 is 5.32 Å². The Balaban J connectivity index is 2.65. The summed E-state index contributed by atoms with van der Waals surface area (Å²) in [7, 11) is 0. The fourth-order valence-electron chi connectivity index (χ4n) is 1.17. The topological polar surface area (TPSA) is 24.9 Å².